The Balaban J connectivity index is 2.62. The molecule has 1 heterocycles. The van der Waals surface area contributed by atoms with Crippen LogP contribution >= 0.6 is 11.6 Å². The molecule has 0 saturated carbocycles. The third-order valence-corrected chi connectivity index (χ3v) is 2.87. The average Bonchev–Trinajstić information content (AvgIpc) is 2.63. The van der Waals surface area contributed by atoms with Gasteiger partial charge < -0.3 is 9.64 Å². The lowest BCUT2D eigenvalue weighted by atomic mass is 10.0. The van der Waals surface area contributed by atoms with Gasteiger partial charge in [-0.3, -0.25) is 4.79 Å². The maximum atomic E-state index is 13.4. The molecule has 7 heteroatoms. The van der Waals surface area contributed by atoms with Crippen molar-refractivity contribution >= 4 is 22.9 Å². The molecule has 1 aliphatic heterocycles. The van der Waals surface area contributed by atoms with Crippen LogP contribution in [0.4, 0.5) is 13.6 Å². The van der Waals surface area contributed by atoms with Crippen LogP contribution in [0.5, 0.6) is 0 Å². The number of nitrogens with zero attached hydrogens (tertiary/aromatic N) is 1. The highest BCUT2D eigenvalue weighted by atomic mass is 35.5. The van der Waals surface area contributed by atoms with E-state index in [0.717, 1.165) is 0 Å². The predicted octanol–water partition coefficient (Wildman–Crippen LogP) is 2.64. The smallest absolute Gasteiger partial charge is 0.410 e. The van der Waals surface area contributed by atoms with Gasteiger partial charge in [0.1, 0.15) is 5.60 Å². The average molecular weight is 284 g/mol. The van der Waals surface area contributed by atoms with E-state index in [4.69, 9.17) is 16.3 Å². The first kappa shape index (κ1) is 15.1. The van der Waals surface area contributed by atoms with Crippen molar-refractivity contribution in [1.82, 2.24) is 4.90 Å². The number of likely N-dealkylation sites (tertiary alicyclic amines) is 1. The van der Waals surface area contributed by atoms with E-state index < -0.39 is 28.8 Å². The van der Waals surface area contributed by atoms with E-state index in [-0.39, 0.29) is 19.5 Å². The first-order chi connectivity index (χ1) is 8.04. The quantitative estimate of drug-likeness (QED) is 0.732. The lowest BCUT2D eigenvalue weighted by Crippen LogP contribution is -2.39. The largest absolute Gasteiger partial charge is 0.444 e. The predicted molar refractivity (Wildman–Crippen MR) is 61.7 cm³/mol. The van der Waals surface area contributed by atoms with Crippen molar-refractivity contribution in [1.29, 1.82) is 0 Å². The van der Waals surface area contributed by atoms with Gasteiger partial charge in [0, 0.05) is 13.1 Å². The van der Waals surface area contributed by atoms with Crippen molar-refractivity contribution in [2.45, 2.75) is 38.7 Å². The highest BCUT2D eigenvalue weighted by Gasteiger charge is 2.49. The molecule has 0 aromatic rings. The summed E-state index contributed by atoms with van der Waals surface area (Å²) in [6, 6.07) is 0. The van der Waals surface area contributed by atoms with Gasteiger partial charge in [-0.1, -0.05) is 0 Å². The Kier molecular flexibility index (Phi) is 4.20. The van der Waals surface area contributed by atoms with Gasteiger partial charge in [-0.15, -0.1) is 0 Å². The van der Waals surface area contributed by atoms with Crippen molar-refractivity contribution in [3.63, 3.8) is 0 Å². The Bertz CT molecular complexity index is 355. The van der Waals surface area contributed by atoms with E-state index in [1.54, 1.807) is 20.8 Å². The van der Waals surface area contributed by atoms with E-state index in [1.807, 2.05) is 0 Å². The second kappa shape index (κ2) is 4.99. The SMILES string of the molecule is CC(C)(C)OC(=O)N1CCC(C(F)(F)C(=O)Cl)C1. The van der Waals surface area contributed by atoms with Gasteiger partial charge in [0.25, 0.3) is 5.24 Å². The zero-order valence-electron chi connectivity index (χ0n) is 10.5. The van der Waals surface area contributed by atoms with Gasteiger partial charge in [-0.25, -0.2) is 4.79 Å². The first-order valence-electron chi connectivity index (χ1n) is 5.59. The van der Waals surface area contributed by atoms with Gasteiger partial charge >= 0.3 is 12.0 Å². The molecule has 1 unspecified atom stereocenters. The summed E-state index contributed by atoms with van der Waals surface area (Å²) in [5.41, 5.74) is -0.681. The molecular formula is C11H16ClF2NO3. The van der Waals surface area contributed by atoms with Gasteiger partial charge in [-0.2, -0.15) is 8.78 Å². The van der Waals surface area contributed by atoms with Crippen molar-refractivity contribution in [3.8, 4) is 0 Å². The molecule has 0 aromatic carbocycles. The van der Waals surface area contributed by atoms with Crippen LogP contribution in [0.3, 0.4) is 0 Å². The van der Waals surface area contributed by atoms with Crippen LogP contribution < -0.4 is 0 Å². The van der Waals surface area contributed by atoms with Gasteiger partial charge in [0.05, 0.1) is 5.92 Å². The molecule has 0 aromatic heterocycles. The molecule has 1 rings (SSSR count). The topological polar surface area (TPSA) is 46.6 Å². The maximum absolute atomic E-state index is 13.4. The van der Waals surface area contributed by atoms with Crippen molar-refractivity contribution in [2.24, 2.45) is 5.92 Å². The summed E-state index contributed by atoms with van der Waals surface area (Å²) >= 11 is 4.86. The molecule has 0 aliphatic carbocycles. The summed E-state index contributed by atoms with van der Waals surface area (Å²) < 4.78 is 31.8. The summed E-state index contributed by atoms with van der Waals surface area (Å²) in [6.07, 6.45) is -0.618. The number of ether oxygens (including phenoxy) is 1. The first-order valence-corrected chi connectivity index (χ1v) is 5.97. The monoisotopic (exact) mass is 283 g/mol. The van der Waals surface area contributed by atoms with Gasteiger partial charge in [0.2, 0.25) is 0 Å². The minimum absolute atomic E-state index is 0.0324. The number of hydrogen-bond acceptors (Lipinski definition) is 3. The summed E-state index contributed by atoms with van der Waals surface area (Å²) in [5.74, 6) is -4.84. The van der Waals surface area contributed by atoms with Crippen molar-refractivity contribution in [3.05, 3.63) is 0 Å². The third-order valence-electron chi connectivity index (χ3n) is 2.61. The van der Waals surface area contributed by atoms with E-state index in [9.17, 15) is 18.4 Å². The number of rotatable bonds is 2. The Morgan fingerprint density at radius 3 is 2.33 bits per heavy atom. The number of carbonyl (C=O) groups excluding carboxylic acids is 2. The van der Waals surface area contributed by atoms with E-state index in [0.29, 0.717) is 0 Å². The number of amides is 1. The lowest BCUT2D eigenvalue weighted by molar-refractivity contribution is -0.141. The summed E-state index contributed by atoms with van der Waals surface area (Å²) in [6.45, 7) is 4.99. The maximum Gasteiger partial charge on any atom is 0.410 e. The molecule has 1 aliphatic rings. The Morgan fingerprint density at radius 2 is 1.89 bits per heavy atom. The number of carbonyl (C=O) groups is 2. The molecule has 1 fully saturated rings. The number of alkyl halides is 2. The second-order valence-corrected chi connectivity index (χ2v) is 5.65. The standard InChI is InChI=1S/C11H16ClF2NO3/c1-10(2,3)18-9(17)15-5-4-7(6-15)11(13,14)8(12)16/h7H,4-6H2,1-3H3. The Hall–Kier alpha value is -0.910. The van der Waals surface area contributed by atoms with Crippen LogP contribution in [-0.2, 0) is 9.53 Å². The fourth-order valence-corrected chi connectivity index (χ4v) is 1.86. The highest BCUT2D eigenvalue weighted by molar-refractivity contribution is 6.65. The molecule has 1 saturated heterocycles. The molecule has 0 spiro atoms. The number of hydrogen-bond donors (Lipinski definition) is 0. The van der Waals surface area contributed by atoms with Gasteiger partial charge in [-0.05, 0) is 38.8 Å². The minimum atomic E-state index is -3.60. The zero-order chi connectivity index (χ0) is 14.1. The molecule has 0 radical (unpaired) electrons. The third kappa shape index (κ3) is 3.54. The fourth-order valence-electron chi connectivity index (χ4n) is 1.71. The van der Waals surface area contributed by atoms with Crippen LogP contribution in [0, 0.1) is 5.92 Å². The van der Waals surface area contributed by atoms with Crippen LogP contribution in [0.2, 0.25) is 0 Å². The molecule has 104 valence electrons. The van der Waals surface area contributed by atoms with E-state index in [2.05, 4.69) is 0 Å². The second-order valence-electron chi connectivity index (χ2n) is 5.31. The van der Waals surface area contributed by atoms with Crippen LogP contribution in [0.25, 0.3) is 0 Å². The Labute approximate surface area is 109 Å². The summed E-state index contributed by atoms with van der Waals surface area (Å²) in [5, 5.41) is -1.68. The normalized spacial score (nSPS) is 21.0. The van der Waals surface area contributed by atoms with Crippen molar-refractivity contribution in [2.75, 3.05) is 13.1 Å². The molecule has 4 nitrogen and oxygen atoms in total. The molecule has 0 N–H and O–H groups in total. The zero-order valence-corrected chi connectivity index (χ0v) is 11.3. The molecule has 1 atom stereocenters. The van der Waals surface area contributed by atoms with Crippen molar-refractivity contribution < 1.29 is 23.1 Å². The Morgan fingerprint density at radius 1 is 1.33 bits per heavy atom. The van der Waals surface area contributed by atoms with Crippen LogP contribution in [-0.4, -0.2) is 40.8 Å². The molecule has 1 amide bonds. The summed E-state index contributed by atoms with van der Waals surface area (Å²) in [7, 11) is 0. The lowest BCUT2D eigenvalue weighted by Gasteiger charge is -2.25. The fraction of sp³-hybridized carbons (Fsp3) is 0.818. The van der Waals surface area contributed by atoms with E-state index in [1.165, 1.54) is 4.90 Å². The molecular weight excluding hydrogens is 268 g/mol. The van der Waals surface area contributed by atoms with Crippen LogP contribution in [0.15, 0.2) is 0 Å². The number of halogens is 3. The van der Waals surface area contributed by atoms with Crippen LogP contribution in [0.1, 0.15) is 27.2 Å². The molecule has 0 bridgehead atoms. The van der Waals surface area contributed by atoms with E-state index >= 15 is 0 Å². The molecule has 18 heavy (non-hydrogen) atoms. The minimum Gasteiger partial charge on any atom is -0.444 e. The highest BCUT2D eigenvalue weighted by Crippen LogP contribution is 2.34. The summed E-state index contributed by atoms with van der Waals surface area (Å²) in [4.78, 5) is 23.5. The van der Waals surface area contributed by atoms with Gasteiger partial charge in [0.15, 0.2) is 0 Å².